The third-order valence-electron chi connectivity index (χ3n) is 7.06. The van der Waals surface area contributed by atoms with Gasteiger partial charge in [0.2, 0.25) is 5.91 Å². The number of alkyl halides is 3. The second-order valence-corrected chi connectivity index (χ2v) is 10.2. The third-order valence-corrected chi connectivity index (χ3v) is 8.00. The lowest BCUT2D eigenvalue weighted by Gasteiger charge is -2.49. The van der Waals surface area contributed by atoms with Gasteiger partial charge < -0.3 is 19.9 Å². The summed E-state index contributed by atoms with van der Waals surface area (Å²) < 4.78 is 45.6. The topological polar surface area (TPSA) is 44.8 Å². The number of benzene rings is 2. The Morgan fingerprint density at radius 1 is 1.14 bits per heavy atom. The summed E-state index contributed by atoms with van der Waals surface area (Å²) in [5, 5.41) is 5.05. The van der Waals surface area contributed by atoms with Crippen LogP contribution in [0.25, 0.3) is 0 Å². The van der Waals surface area contributed by atoms with Crippen LogP contribution in [0.3, 0.4) is 0 Å². The van der Waals surface area contributed by atoms with Crippen molar-refractivity contribution in [1.29, 1.82) is 0 Å². The summed E-state index contributed by atoms with van der Waals surface area (Å²) in [5.74, 6) is 0.207. The number of rotatable bonds is 6. The van der Waals surface area contributed by atoms with Crippen LogP contribution >= 0.6 is 11.3 Å². The van der Waals surface area contributed by atoms with Gasteiger partial charge in [0.15, 0.2) is 0 Å². The van der Waals surface area contributed by atoms with E-state index in [9.17, 15) is 18.0 Å². The maximum atomic E-state index is 13.4. The first-order valence-corrected chi connectivity index (χ1v) is 12.9. The number of nitrogens with one attached hydrogen (secondary N) is 1. The van der Waals surface area contributed by atoms with E-state index in [1.807, 2.05) is 41.8 Å². The van der Waals surface area contributed by atoms with E-state index in [0.717, 1.165) is 29.6 Å². The fourth-order valence-corrected chi connectivity index (χ4v) is 5.93. The highest BCUT2D eigenvalue weighted by molar-refractivity contribution is 7.09. The van der Waals surface area contributed by atoms with Crippen LogP contribution in [0.15, 0.2) is 60.0 Å². The van der Waals surface area contributed by atoms with Gasteiger partial charge in [0.05, 0.1) is 24.6 Å². The molecule has 0 bridgehead atoms. The number of hydrogen-bond donors (Lipinski definition) is 1. The number of nitrogens with zero attached hydrogens (tertiary/aromatic N) is 2. The molecule has 2 aliphatic heterocycles. The normalized spacial score (nSPS) is 19.4. The Bertz CT molecular complexity index is 1200. The molecule has 9 heteroatoms. The van der Waals surface area contributed by atoms with Crippen molar-refractivity contribution in [3.05, 3.63) is 76.0 Å². The molecule has 36 heavy (non-hydrogen) atoms. The van der Waals surface area contributed by atoms with Gasteiger partial charge in [-0.1, -0.05) is 6.07 Å². The molecular weight excluding hydrogens is 487 g/mol. The van der Waals surface area contributed by atoms with E-state index in [0.29, 0.717) is 31.7 Å². The molecule has 0 spiro atoms. The van der Waals surface area contributed by atoms with Crippen molar-refractivity contribution in [3.63, 3.8) is 0 Å². The van der Waals surface area contributed by atoms with Gasteiger partial charge in [0.25, 0.3) is 0 Å². The number of anilines is 2. The van der Waals surface area contributed by atoms with Crippen LogP contribution in [0.5, 0.6) is 5.75 Å². The first kappa shape index (κ1) is 24.5. The van der Waals surface area contributed by atoms with Gasteiger partial charge in [0, 0.05) is 42.4 Å². The molecule has 1 aromatic heterocycles. The number of carbonyl (C=O) groups is 1. The zero-order valence-electron chi connectivity index (χ0n) is 19.9. The number of methoxy groups -OCH3 is 1. The average Bonchev–Trinajstić information content (AvgIpc) is 3.40. The lowest BCUT2D eigenvalue weighted by molar-refractivity contribution is -0.137. The predicted molar refractivity (Wildman–Crippen MR) is 136 cm³/mol. The van der Waals surface area contributed by atoms with Gasteiger partial charge in [-0.25, -0.2) is 0 Å². The minimum Gasteiger partial charge on any atom is -0.497 e. The molecule has 190 valence electrons. The lowest BCUT2D eigenvalue weighted by Crippen LogP contribution is -2.61. The van der Waals surface area contributed by atoms with Crippen LogP contribution in [-0.4, -0.2) is 45.2 Å². The van der Waals surface area contributed by atoms with E-state index in [-0.39, 0.29) is 18.4 Å². The van der Waals surface area contributed by atoms with Gasteiger partial charge in [-0.15, -0.1) is 11.3 Å². The molecule has 3 aromatic rings. The molecular formula is C27H28F3N3O2S. The van der Waals surface area contributed by atoms with E-state index >= 15 is 0 Å². The van der Waals surface area contributed by atoms with Gasteiger partial charge in [0.1, 0.15) is 5.75 Å². The fourth-order valence-electron chi connectivity index (χ4n) is 5.22. The van der Waals surface area contributed by atoms with E-state index in [2.05, 4.69) is 15.1 Å². The Morgan fingerprint density at radius 2 is 1.94 bits per heavy atom. The van der Waals surface area contributed by atoms with Crippen LogP contribution in [0.2, 0.25) is 0 Å². The van der Waals surface area contributed by atoms with E-state index < -0.39 is 17.7 Å². The number of amides is 1. The highest BCUT2D eigenvalue weighted by atomic mass is 32.1. The summed E-state index contributed by atoms with van der Waals surface area (Å²) in [5.41, 5.74) is 1.74. The van der Waals surface area contributed by atoms with Gasteiger partial charge in [-0.05, 0) is 72.3 Å². The molecule has 1 amide bonds. The molecule has 1 fully saturated rings. The Morgan fingerprint density at radius 3 is 2.64 bits per heavy atom. The summed E-state index contributed by atoms with van der Waals surface area (Å²) >= 11 is 1.64. The van der Waals surface area contributed by atoms with Crippen molar-refractivity contribution in [2.75, 3.05) is 43.1 Å². The first-order chi connectivity index (χ1) is 17.3. The minimum atomic E-state index is -4.42. The predicted octanol–water partition coefficient (Wildman–Crippen LogP) is 5.00. The van der Waals surface area contributed by atoms with E-state index in [1.165, 1.54) is 10.9 Å². The Balaban J connectivity index is 1.40. The summed E-state index contributed by atoms with van der Waals surface area (Å²) in [4.78, 5) is 19.0. The number of hydrogen-bond acceptors (Lipinski definition) is 5. The molecule has 0 aliphatic carbocycles. The highest BCUT2D eigenvalue weighted by Gasteiger charge is 2.42. The number of thiophene rings is 1. The van der Waals surface area contributed by atoms with Crippen LogP contribution < -0.4 is 19.9 Å². The Hall–Kier alpha value is -3.20. The molecule has 1 saturated heterocycles. The van der Waals surface area contributed by atoms with E-state index in [1.54, 1.807) is 24.5 Å². The maximum Gasteiger partial charge on any atom is 0.416 e. The molecule has 0 saturated carbocycles. The Kier molecular flexibility index (Phi) is 6.83. The molecule has 1 N–H and O–H groups in total. The minimum absolute atomic E-state index is 0.110. The lowest BCUT2D eigenvalue weighted by atomic mass is 9.82. The largest absolute Gasteiger partial charge is 0.497 e. The number of halogens is 3. The summed E-state index contributed by atoms with van der Waals surface area (Å²) in [7, 11) is 1.62. The van der Waals surface area contributed by atoms with Gasteiger partial charge in [-0.3, -0.25) is 4.79 Å². The third kappa shape index (κ3) is 5.02. The number of fused-ring (bicyclic) bond motifs is 3. The number of carbonyl (C=O) groups excluding carboxylic acids is 1. The molecule has 2 aromatic carbocycles. The molecule has 0 radical (unpaired) electrons. The number of ether oxygens (including phenoxy) is 1. The fraction of sp³-hybridized carbons (Fsp3) is 0.370. The van der Waals surface area contributed by atoms with Crippen molar-refractivity contribution >= 4 is 28.6 Å². The zero-order chi connectivity index (χ0) is 25.3. The van der Waals surface area contributed by atoms with Crippen LogP contribution in [0, 0.1) is 5.92 Å². The second kappa shape index (κ2) is 10.0. The molecule has 2 aliphatic rings. The average molecular weight is 516 g/mol. The van der Waals surface area contributed by atoms with Crippen molar-refractivity contribution < 1.29 is 22.7 Å². The molecule has 2 unspecified atom stereocenters. The molecule has 5 rings (SSSR count). The molecule has 3 heterocycles. The smallest absolute Gasteiger partial charge is 0.416 e. The monoisotopic (exact) mass is 515 g/mol. The van der Waals surface area contributed by atoms with Crippen molar-refractivity contribution in [2.45, 2.75) is 25.1 Å². The van der Waals surface area contributed by atoms with Crippen LogP contribution in [0.1, 0.15) is 16.0 Å². The van der Waals surface area contributed by atoms with E-state index in [4.69, 9.17) is 4.74 Å². The molecule has 2 atom stereocenters. The van der Waals surface area contributed by atoms with Crippen molar-refractivity contribution in [1.82, 2.24) is 5.32 Å². The summed E-state index contributed by atoms with van der Waals surface area (Å²) in [6.07, 6.45) is -3.41. The molecule has 5 nitrogen and oxygen atoms in total. The second-order valence-electron chi connectivity index (χ2n) is 9.18. The van der Waals surface area contributed by atoms with Crippen LogP contribution in [-0.2, 0) is 23.8 Å². The van der Waals surface area contributed by atoms with Crippen LogP contribution in [0.4, 0.5) is 24.5 Å². The standard InChI is InChI=1S/C27H28F3N3O2S/c1-35-21-7-5-20(6-8-21)32-12-13-33-24-9-4-19(27(28,29)30)15-18(24)16-23(25(33)17-32)26(34)31-11-10-22-3-2-14-36-22/h2-9,14-15,23,25H,10-13,16-17H2,1H3,(H,31,34). The van der Waals surface area contributed by atoms with Crippen molar-refractivity contribution in [2.24, 2.45) is 5.92 Å². The summed E-state index contributed by atoms with van der Waals surface area (Å²) in [6.45, 7) is 2.43. The first-order valence-electron chi connectivity index (χ1n) is 12.0. The van der Waals surface area contributed by atoms with Gasteiger partial charge in [-0.2, -0.15) is 13.2 Å². The maximum absolute atomic E-state index is 13.4. The highest BCUT2D eigenvalue weighted by Crippen LogP contribution is 2.40. The summed E-state index contributed by atoms with van der Waals surface area (Å²) in [6, 6.07) is 15.6. The Labute approximate surface area is 212 Å². The van der Waals surface area contributed by atoms with Crippen molar-refractivity contribution in [3.8, 4) is 5.75 Å². The quantitative estimate of drug-likeness (QED) is 0.502. The zero-order valence-corrected chi connectivity index (χ0v) is 20.7. The SMILES string of the molecule is COc1ccc(N2CCN3c4ccc(C(F)(F)F)cc4CC(C(=O)NCCc4cccs4)C3C2)cc1. The number of piperazine rings is 1. The van der Waals surface area contributed by atoms with Gasteiger partial charge >= 0.3 is 6.18 Å².